The maximum absolute atomic E-state index is 6.11. The average Bonchev–Trinajstić information content (AvgIpc) is 2.39. The zero-order valence-corrected chi connectivity index (χ0v) is 13.3. The molecule has 0 amide bonds. The van der Waals surface area contributed by atoms with Gasteiger partial charge in [-0.1, -0.05) is 18.5 Å². The van der Waals surface area contributed by atoms with Gasteiger partial charge in [0.25, 0.3) is 0 Å². The van der Waals surface area contributed by atoms with Crippen LogP contribution >= 0.6 is 11.6 Å². The van der Waals surface area contributed by atoms with Crippen molar-refractivity contribution in [3.8, 4) is 5.75 Å². The van der Waals surface area contributed by atoms with Crippen LogP contribution in [-0.4, -0.2) is 43.3 Å². The Hall–Kier alpha value is -0.770. The van der Waals surface area contributed by atoms with Crippen molar-refractivity contribution in [3.63, 3.8) is 0 Å². The topological polar surface area (TPSA) is 21.7 Å². The highest BCUT2D eigenvalue weighted by Crippen LogP contribution is 2.22. The summed E-state index contributed by atoms with van der Waals surface area (Å²) in [7, 11) is 0. The summed E-state index contributed by atoms with van der Waals surface area (Å²) in [6.07, 6.45) is 1.54. The Bertz CT molecular complexity index is 428. The van der Waals surface area contributed by atoms with Gasteiger partial charge in [-0.3, -0.25) is 4.90 Å². The normalized spacial score (nSPS) is 23.8. The minimum absolute atomic E-state index is 0.306. The van der Waals surface area contributed by atoms with Crippen LogP contribution in [0.5, 0.6) is 5.75 Å². The van der Waals surface area contributed by atoms with Crippen molar-refractivity contribution in [2.24, 2.45) is 0 Å². The van der Waals surface area contributed by atoms with Gasteiger partial charge in [0, 0.05) is 24.7 Å². The average molecular weight is 298 g/mol. The van der Waals surface area contributed by atoms with Gasteiger partial charge >= 0.3 is 0 Å². The van der Waals surface area contributed by atoms with Crippen LogP contribution in [0.25, 0.3) is 0 Å². The third-order valence-electron chi connectivity index (χ3n) is 3.57. The molecular weight excluding hydrogens is 274 g/mol. The second-order valence-corrected chi connectivity index (χ2v) is 5.88. The van der Waals surface area contributed by atoms with E-state index in [-0.39, 0.29) is 0 Å². The third kappa shape index (κ3) is 4.37. The first-order valence-electron chi connectivity index (χ1n) is 7.37. The van der Waals surface area contributed by atoms with Crippen LogP contribution in [-0.2, 0) is 11.2 Å². The molecule has 3 nitrogen and oxygen atoms in total. The van der Waals surface area contributed by atoms with E-state index in [1.165, 1.54) is 0 Å². The lowest BCUT2D eigenvalue weighted by Crippen LogP contribution is -2.46. The molecule has 0 radical (unpaired) electrons. The number of nitrogens with zero attached hydrogens (tertiary/aromatic N) is 1. The molecule has 1 heterocycles. The number of aryl methyl sites for hydroxylation is 1. The van der Waals surface area contributed by atoms with Crippen molar-refractivity contribution in [1.82, 2.24) is 4.90 Å². The van der Waals surface area contributed by atoms with Gasteiger partial charge in [0.1, 0.15) is 12.4 Å². The Morgan fingerprint density at radius 3 is 2.65 bits per heavy atom. The minimum atomic E-state index is 0.306. The Morgan fingerprint density at radius 1 is 1.30 bits per heavy atom. The number of benzene rings is 1. The lowest BCUT2D eigenvalue weighted by Gasteiger charge is -2.35. The zero-order valence-electron chi connectivity index (χ0n) is 12.6. The Balaban J connectivity index is 1.81. The van der Waals surface area contributed by atoms with E-state index in [2.05, 4.69) is 25.7 Å². The Kier molecular flexibility index (Phi) is 5.70. The summed E-state index contributed by atoms with van der Waals surface area (Å²) in [5.41, 5.74) is 1.14. The van der Waals surface area contributed by atoms with Crippen molar-refractivity contribution < 1.29 is 9.47 Å². The molecule has 0 aliphatic carbocycles. The van der Waals surface area contributed by atoms with Crippen molar-refractivity contribution >= 4 is 11.6 Å². The SMILES string of the molecule is CCc1cc(OCCN2C[C@@H](C)O[C@H](C)C2)ccc1Cl. The molecule has 0 N–H and O–H groups in total. The van der Waals surface area contributed by atoms with Crippen LogP contribution in [0.3, 0.4) is 0 Å². The van der Waals surface area contributed by atoms with Gasteiger partial charge in [-0.05, 0) is 44.0 Å². The number of rotatable bonds is 5. The van der Waals surface area contributed by atoms with Crippen molar-refractivity contribution in [3.05, 3.63) is 28.8 Å². The molecule has 2 atom stereocenters. The standard InChI is InChI=1S/C16H24ClNO2/c1-4-14-9-15(5-6-16(14)17)19-8-7-18-10-12(2)20-13(3)11-18/h5-6,9,12-13H,4,7-8,10-11H2,1-3H3/t12-,13-/m1/s1. The van der Waals surface area contributed by atoms with E-state index in [0.29, 0.717) is 18.8 Å². The summed E-state index contributed by atoms with van der Waals surface area (Å²) in [4.78, 5) is 2.40. The van der Waals surface area contributed by atoms with Crippen LogP contribution in [0.1, 0.15) is 26.3 Å². The van der Waals surface area contributed by atoms with Gasteiger partial charge in [-0.15, -0.1) is 0 Å². The summed E-state index contributed by atoms with van der Waals surface area (Å²) >= 11 is 6.11. The first kappa shape index (κ1) is 15.6. The van der Waals surface area contributed by atoms with Crippen LogP contribution in [0, 0.1) is 0 Å². The monoisotopic (exact) mass is 297 g/mol. The van der Waals surface area contributed by atoms with E-state index in [9.17, 15) is 0 Å². The molecule has 1 aliphatic heterocycles. The predicted molar refractivity (Wildman–Crippen MR) is 82.8 cm³/mol. The second kappa shape index (κ2) is 7.30. The number of halogens is 1. The molecule has 20 heavy (non-hydrogen) atoms. The van der Waals surface area contributed by atoms with E-state index >= 15 is 0 Å². The molecule has 1 aromatic carbocycles. The van der Waals surface area contributed by atoms with E-state index in [1.807, 2.05) is 18.2 Å². The fraction of sp³-hybridized carbons (Fsp3) is 0.625. The van der Waals surface area contributed by atoms with Crippen LogP contribution < -0.4 is 4.74 Å². The summed E-state index contributed by atoms with van der Waals surface area (Å²) < 4.78 is 11.6. The molecule has 1 saturated heterocycles. The molecule has 0 saturated carbocycles. The van der Waals surface area contributed by atoms with E-state index in [4.69, 9.17) is 21.1 Å². The largest absolute Gasteiger partial charge is 0.492 e. The van der Waals surface area contributed by atoms with E-state index < -0.39 is 0 Å². The molecule has 1 aliphatic rings. The van der Waals surface area contributed by atoms with Crippen molar-refractivity contribution in [2.45, 2.75) is 39.4 Å². The van der Waals surface area contributed by atoms with Gasteiger partial charge in [-0.25, -0.2) is 0 Å². The maximum atomic E-state index is 6.11. The fourth-order valence-electron chi connectivity index (χ4n) is 2.67. The van der Waals surface area contributed by atoms with E-state index in [0.717, 1.165) is 42.4 Å². The third-order valence-corrected chi connectivity index (χ3v) is 3.94. The van der Waals surface area contributed by atoms with Crippen molar-refractivity contribution in [1.29, 1.82) is 0 Å². The molecule has 2 rings (SSSR count). The Morgan fingerprint density at radius 2 is 2.00 bits per heavy atom. The number of hydrogen-bond acceptors (Lipinski definition) is 3. The molecule has 1 fully saturated rings. The van der Waals surface area contributed by atoms with Gasteiger partial charge in [0.2, 0.25) is 0 Å². The molecule has 0 spiro atoms. The molecule has 0 aromatic heterocycles. The molecular formula is C16H24ClNO2. The minimum Gasteiger partial charge on any atom is -0.492 e. The fourth-order valence-corrected chi connectivity index (χ4v) is 2.92. The molecule has 0 bridgehead atoms. The molecule has 0 unspecified atom stereocenters. The van der Waals surface area contributed by atoms with Gasteiger partial charge < -0.3 is 9.47 Å². The highest BCUT2D eigenvalue weighted by atomic mass is 35.5. The summed E-state index contributed by atoms with van der Waals surface area (Å²) in [6, 6.07) is 5.88. The van der Waals surface area contributed by atoms with Gasteiger partial charge in [0.05, 0.1) is 12.2 Å². The highest BCUT2D eigenvalue weighted by molar-refractivity contribution is 6.31. The maximum Gasteiger partial charge on any atom is 0.119 e. The second-order valence-electron chi connectivity index (χ2n) is 5.47. The van der Waals surface area contributed by atoms with Crippen LogP contribution in [0.4, 0.5) is 0 Å². The number of morpholine rings is 1. The summed E-state index contributed by atoms with van der Waals surface area (Å²) in [5.74, 6) is 0.903. The first-order chi connectivity index (χ1) is 9.58. The quantitative estimate of drug-likeness (QED) is 0.831. The van der Waals surface area contributed by atoms with Crippen LogP contribution in [0.2, 0.25) is 5.02 Å². The molecule has 112 valence electrons. The summed E-state index contributed by atoms with van der Waals surface area (Å²) in [5, 5.41) is 0.815. The molecule has 1 aromatic rings. The summed E-state index contributed by atoms with van der Waals surface area (Å²) in [6.45, 7) is 9.93. The number of ether oxygens (including phenoxy) is 2. The smallest absolute Gasteiger partial charge is 0.119 e. The lowest BCUT2D eigenvalue weighted by atomic mass is 10.1. The predicted octanol–water partition coefficient (Wildman–Crippen LogP) is 3.39. The van der Waals surface area contributed by atoms with Crippen molar-refractivity contribution in [2.75, 3.05) is 26.2 Å². The van der Waals surface area contributed by atoms with Crippen LogP contribution in [0.15, 0.2) is 18.2 Å². The zero-order chi connectivity index (χ0) is 14.5. The first-order valence-corrected chi connectivity index (χ1v) is 7.75. The highest BCUT2D eigenvalue weighted by Gasteiger charge is 2.21. The Labute approximate surface area is 126 Å². The van der Waals surface area contributed by atoms with E-state index in [1.54, 1.807) is 0 Å². The molecule has 4 heteroatoms. The van der Waals surface area contributed by atoms with Gasteiger partial charge in [0.15, 0.2) is 0 Å². The van der Waals surface area contributed by atoms with Gasteiger partial charge in [-0.2, -0.15) is 0 Å². The lowest BCUT2D eigenvalue weighted by molar-refractivity contribution is -0.0699. The number of hydrogen-bond donors (Lipinski definition) is 0.